The number of carboxylic acid groups (broad SMARTS) is 1. The topological polar surface area (TPSA) is 121 Å². The Labute approximate surface area is 218 Å². The summed E-state index contributed by atoms with van der Waals surface area (Å²) >= 11 is 0. The number of hydrogen-bond donors (Lipinski definition) is 2. The number of aryl methyl sites for hydroxylation is 1. The number of nitrogens with one attached hydrogen (secondary N) is 1. The van der Waals surface area contributed by atoms with Gasteiger partial charge in [0.05, 0.1) is 0 Å². The first-order valence-electron chi connectivity index (χ1n) is 12.4. The number of aliphatic carboxylic acids is 1. The van der Waals surface area contributed by atoms with Gasteiger partial charge in [0.15, 0.2) is 11.4 Å². The van der Waals surface area contributed by atoms with Crippen LogP contribution in [0.3, 0.4) is 0 Å². The average molecular weight is 508 g/mol. The minimum Gasteiger partial charge on any atom is -0.480 e. The van der Waals surface area contributed by atoms with Crippen LogP contribution in [-0.2, 0) is 9.59 Å². The molecule has 0 saturated carbocycles. The molecule has 2 atom stereocenters. The average Bonchev–Trinajstić information content (AvgIpc) is 3.51. The maximum absolute atomic E-state index is 12.9. The molecule has 1 aliphatic heterocycles. The second kappa shape index (κ2) is 9.59. The van der Waals surface area contributed by atoms with Crippen molar-refractivity contribution in [3.63, 3.8) is 0 Å². The standard InChI is InChI=1S/C29H25N5O4/c1-17-31-26-21-9-5-6-10-23(21)38-27(26)28(32-17)34-16-18(13-22(34)29(36)37)14-25(35)33-24-12-11-20(15-30-24)19-7-3-2-4-8-19/h2-12,15,18,22H,13-14,16H2,1H3,(H,36,37)(H,30,33,35)/t18-,22+/m1/s1. The summed E-state index contributed by atoms with van der Waals surface area (Å²) in [5.74, 6) is 0.0519. The molecule has 38 heavy (non-hydrogen) atoms. The first kappa shape index (κ1) is 23.6. The summed E-state index contributed by atoms with van der Waals surface area (Å²) in [6.07, 6.45) is 2.20. The number of carboxylic acids is 1. The van der Waals surface area contributed by atoms with Gasteiger partial charge in [-0.3, -0.25) is 4.79 Å². The number of pyridine rings is 1. The van der Waals surface area contributed by atoms with Crippen molar-refractivity contribution < 1.29 is 19.1 Å². The first-order chi connectivity index (χ1) is 18.5. The molecular weight excluding hydrogens is 482 g/mol. The van der Waals surface area contributed by atoms with Crippen LogP contribution < -0.4 is 10.2 Å². The van der Waals surface area contributed by atoms with E-state index in [0.29, 0.717) is 47.1 Å². The van der Waals surface area contributed by atoms with Gasteiger partial charge in [-0.2, -0.15) is 0 Å². The van der Waals surface area contributed by atoms with Crippen molar-refractivity contribution in [1.29, 1.82) is 0 Å². The lowest BCUT2D eigenvalue weighted by Gasteiger charge is -2.22. The van der Waals surface area contributed by atoms with Crippen molar-refractivity contribution in [3.8, 4) is 11.1 Å². The SMILES string of the molecule is Cc1nc(N2C[C@@H](CC(=O)Nc3ccc(-c4ccccc4)cn3)C[C@H]2C(=O)O)c2oc3ccccc3c2n1. The maximum Gasteiger partial charge on any atom is 0.326 e. The van der Waals surface area contributed by atoms with Crippen LogP contribution in [0.4, 0.5) is 11.6 Å². The molecule has 1 amide bonds. The van der Waals surface area contributed by atoms with E-state index in [-0.39, 0.29) is 18.2 Å². The fourth-order valence-corrected chi connectivity index (χ4v) is 5.14. The molecule has 2 N–H and O–H groups in total. The monoisotopic (exact) mass is 507 g/mol. The van der Waals surface area contributed by atoms with Crippen molar-refractivity contribution in [3.05, 3.63) is 78.8 Å². The van der Waals surface area contributed by atoms with E-state index in [0.717, 1.165) is 16.5 Å². The predicted molar refractivity (Wildman–Crippen MR) is 144 cm³/mol. The first-order valence-corrected chi connectivity index (χ1v) is 12.4. The molecule has 4 heterocycles. The summed E-state index contributed by atoms with van der Waals surface area (Å²) < 4.78 is 6.07. The third-order valence-electron chi connectivity index (χ3n) is 6.87. The van der Waals surface area contributed by atoms with E-state index in [4.69, 9.17) is 4.42 Å². The fourth-order valence-electron chi connectivity index (χ4n) is 5.14. The molecule has 2 aromatic carbocycles. The van der Waals surface area contributed by atoms with Crippen LogP contribution in [0.2, 0.25) is 0 Å². The van der Waals surface area contributed by atoms with E-state index in [1.54, 1.807) is 24.1 Å². The number of amides is 1. The number of benzene rings is 2. The minimum absolute atomic E-state index is 0.162. The molecular formula is C29H25N5O4. The molecule has 0 unspecified atom stereocenters. The number of furan rings is 1. The lowest BCUT2D eigenvalue weighted by molar-refractivity contribution is -0.138. The maximum atomic E-state index is 12.9. The Morgan fingerprint density at radius 2 is 1.82 bits per heavy atom. The van der Waals surface area contributed by atoms with E-state index >= 15 is 0 Å². The highest BCUT2D eigenvalue weighted by Gasteiger charge is 2.40. The Hall–Kier alpha value is -4.79. The molecule has 1 fully saturated rings. The van der Waals surface area contributed by atoms with Gasteiger partial charge in [0.1, 0.15) is 28.8 Å². The number of carbonyl (C=O) groups is 2. The van der Waals surface area contributed by atoms with E-state index in [1.165, 1.54) is 0 Å². The lowest BCUT2D eigenvalue weighted by Crippen LogP contribution is -2.36. The third kappa shape index (κ3) is 4.43. The normalized spacial score (nSPS) is 17.2. The molecule has 0 spiro atoms. The number of aromatic nitrogens is 3. The van der Waals surface area contributed by atoms with E-state index in [1.807, 2.05) is 60.7 Å². The molecule has 9 nitrogen and oxygen atoms in total. The summed E-state index contributed by atoms with van der Waals surface area (Å²) in [6.45, 7) is 2.13. The van der Waals surface area contributed by atoms with Gasteiger partial charge in [0, 0.05) is 30.1 Å². The lowest BCUT2D eigenvalue weighted by atomic mass is 10.0. The van der Waals surface area contributed by atoms with Crippen LogP contribution in [0.15, 0.2) is 77.3 Å². The fraction of sp³-hybridized carbons (Fsp3) is 0.207. The van der Waals surface area contributed by atoms with E-state index in [2.05, 4.69) is 20.3 Å². The van der Waals surface area contributed by atoms with Gasteiger partial charge in [-0.1, -0.05) is 42.5 Å². The summed E-state index contributed by atoms with van der Waals surface area (Å²) in [6, 6.07) is 20.3. The highest BCUT2D eigenvalue weighted by molar-refractivity contribution is 6.06. The van der Waals surface area contributed by atoms with E-state index in [9.17, 15) is 14.7 Å². The van der Waals surface area contributed by atoms with E-state index < -0.39 is 12.0 Å². The highest BCUT2D eigenvalue weighted by Crippen LogP contribution is 2.37. The minimum atomic E-state index is -0.966. The highest BCUT2D eigenvalue weighted by atomic mass is 16.4. The number of para-hydroxylation sites is 1. The quantitative estimate of drug-likeness (QED) is 0.327. The van der Waals surface area contributed by atoms with Gasteiger partial charge in [0.2, 0.25) is 5.91 Å². The van der Waals surface area contributed by atoms with Gasteiger partial charge >= 0.3 is 5.97 Å². The summed E-state index contributed by atoms with van der Waals surface area (Å²) in [7, 11) is 0. The smallest absolute Gasteiger partial charge is 0.326 e. The molecule has 1 saturated heterocycles. The molecule has 9 heteroatoms. The van der Waals surface area contributed by atoms with Crippen molar-refractivity contribution >= 4 is 45.6 Å². The van der Waals surface area contributed by atoms with Crippen molar-refractivity contribution in [2.75, 3.05) is 16.8 Å². The van der Waals surface area contributed by atoms with Crippen LogP contribution in [-0.4, -0.2) is 44.5 Å². The molecule has 0 radical (unpaired) electrons. The summed E-state index contributed by atoms with van der Waals surface area (Å²) in [5, 5.41) is 13.7. The molecule has 5 aromatic rings. The number of nitrogens with zero attached hydrogens (tertiary/aromatic N) is 4. The Bertz CT molecular complexity index is 1650. The zero-order valence-corrected chi connectivity index (χ0v) is 20.7. The van der Waals surface area contributed by atoms with Crippen LogP contribution >= 0.6 is 0 Å². The van der Waals surface area contributed by atoms with Crippen LogP contribution in [0, 0.1) is 12.8 Å². The van der Waals surface area contributed by atoms with Gasteiger partial charge < -0.3 is 19.7 Å². The molecule has 3 aromatic heterocycles. The molecule has 190 valence electrons. The van der Waals surface area contributed by atoms with Crippen LogP contribution in [0.25, 0.3) is 33.2 Å². The Balaban J connectivity index is 1.21. The summed E-state index contributed by atoms with van der Waals surface area (Å²) in [4.78, 5) is 40.3. The van der Waals surface area contributed by atoms with Crippen LogP contribution in [0.1, 0.15) is 18.7 Å². The van der Waals surface area contributed by atoms with Gasteiger partial charge in [0.25, 0.3) is 0 Å². The second-order valence-electron chi connectivity index (χ2n) is 9.53. The Morgan fingerprint density at radius 3 is 2.58 bits per heavy atom. The Morgan fingerprint density at radius 1 is 1.03 bits per heavy atom. The number of rotatable bonds is 6. The van der Waals surface area contributed by atoms with Gasteiger partial charge in [-0.05, 0) is 49.1 Å². The number of anilines is 2. The van der Waals surface area contributed by atoms with Crippen molar-refractivity contribution in [2.24, 2.45) is 5.92 Å². The zero-order valence-electron chi connectivity index (χ0n) is 20.7. The van der Waals surface area contributed by atoms with Crippen molar-refractivity contribution in [1.82, 2.24) is 15.0 Å². The number of carbonyl (C=O) groups excluding carboxylic acids is 1. The van der Waals surface area contributed by atoms with Gasteiger partial charge in [-0.25, -0.2) is 19.7 Å². The number of fused-ring (bicyclic) bond motifs is 3. The Kier molecular flexibility index (Phi) is 5.95. The second-order valence-corrected chi connectivity index (χ2v) is 9.53. The zero-order chi connectivity index (χ0) is 26.2. The van der Waals surface area contributed by atoms with Crippen molar-refractivity contribution in [2.45, 2.75) is 25.8 Å². The molecule has 1 aliphatic rings. The molecule has 0 aliphatic carbocycles. The predicted octanol–water partition coefficient (Wildman–Crippen LogP) is 5.05. The van der Waals surface area contributed by atoms with Crippen LogP contribution in [0.5, 0.6) is 0 Å². The largest absolute Gasteiger partial charge is 0.480 e. The third-order valence-corrected chi connectivity index (χ3v) is 6.87. The molecule has 0 bridgehead atoms. The summed E-state index contributed by atoms with van der Waals surface area (Å²) in [5.41, 5.74) is 3.77. The molecule has 6 rings (SSSR count). The number of hydrogen-bond acceptors (Lipinski definition) is 7. The van der Waals surface area contributed by atoms with Gasteiger partial charge in [-0.15, -0.1) is 0 Å².